The minimum absolute atomic E-state index is 0.00881. The van der Waals surface area contributed by atoms with Gasteiger partial charge in [0.25, 0.3) is 0 Å². The maximum Gasteiger partial charge on any atom is 0.250 e. The van der Waals surface area contributed by atoms with Crippen LogP contribution in [0.25, 0.3) is 11.1 Å². The molecular weight excluding hydrogens is 532 g/mol. The first-order valence-electron chi connectivity index (χ1n) is 13.4. The van der Waals surface area contributed by atoms with Crippen LogP contribution in [-0.2, 0) is 30.4 Å². The molecule has 11 heteroatoms. The number of hydrogen-bond acceptors (Lipinski definition) is 9. The minimum atomic E-state index is -2.74. The number of nitrogens with one attached hydrogen (secondary N) is 1. The van der Waals surface area contributed by atoms with Gasteiger partial charge in [-0.05, 0) is 59.6 Å². The number of primary amides is 1. The van der Waals surface area contributed by atoms with Crippen LogP contribution in [0.5, 0.6) is 5.75 Å². The lowest BCUT2D eigenvalue weighted by atomic mass is 9.49. The zero-order valence-electron chi connectivity index (χ0n) is 22.4. The molecule has 0 aromatic heterocycles. The Morgan fingerprint density at radius 3 is 2.29 bits per heavy atom. The maximum atomic E-state index is 13.9. The monoisotopic (exact) mass is 562 g/mol. The van der Waals surface area contributed by atoms with Crippen molar-refractivity contribution in [2.24, 2.45) is 41.2 Å². The molecule has 6 N–H and O–H groups in total. The number of hydrogen-bond donors (Lipinski definition) is 5. The molecular formula is C30H30N2O9. The van der Waals surface area contributed by atoms with Gasteiger partial charge in [0.05, 0.1) is 11.5 Å². The highest BCUT2D eigenvalue weighted by Crippen LogP contribution is 2.53. The number of carbonyl (C=O) groups is 6. The molecule has 5 rings (SSSR count). The van der Waals surface area contributed by atoms with Gasteiger partial charge in [0.2, 0.25) is 11.8 Å². The first-order valence-corrected chi connectivity index (χ1v) is 13.4. The van der Waals surface area contributed by atoms with Crippen molar-refractivity contribution in [1.82, 2.24) is 0 Å². The predicted octanol–water partition coefficient (Wildman–Crippen LogP) is 0.807. The highest BCUT2D eigenvalue weighted by Gasteiger charge is 2.69. The molecule has 11 nitrogen and oxygen atoms in total. The smallest absolute Gasteiger partial charge is 0.250 e. The SMILES string of the molecule is CC(C)[C@@H]1C(=O)C(C(N)=O)C(=O)[C@@]2(O)C(=O)C3C(=O)c4c(O)ccc(-c5ccc(NC(=O)CO)cc5)c4C[C@H]3C[C@@H]12. The highest BCUT2D eigenvalue weighted by atomic mass is 16.3. The first-order chi connectivity index (χ1) is 19.3. The van der Waals surface area contributed by atoms with Gasteiger partial charge >= 0.3 is 0 Å². The molecule has 2 aromatic rings. The van der Waals surface area contributed by atoms with Gasteiger partial charge in [-0.15, -0.1) is 0 Å². The van der Waals surface area contributed by atoms with Gasteiger partial charge in [0.1, 0.15) is 12.4 Å². The van der Waals surface area contributed by atoms with Gasteiger partial charge < -0.3 is 26.4 Å². The van der Waals surface area contributed by atoms with Crippen molar-refractivity contribution in [3.63, 3.8) is 0 Å². The molecule has 2 saturated carbocycles. The third-order valence-corrected chi connectivity index (χ3v) is 8.82. The Morgan fingerprint density at radius 2 is 1.71 bits per heavy atom. The van der Waals surface area contributed by atoms with Gasteiger partial charge in [-0.25, -0.2) is 0 Å². The summed E-state index contributed by atoms with van der Waals surface area (Å²) in [7, 11) is 0. The van der Waals surface area contributed by atoms with Crippen LogP contribution in [0.3, 0.4) is 0 Å². The molecule has 0 radical (unpaired) electrons. The van der Waals surface area contributed by atoms with Crippen molar-refractivity contribution in [2.75, 3.05) is 11.9 Å². The average molecular weight is 563 g/mol. The number of carbonyl (C=O) groups excluding carboxylic acids is 6. The largest absolute Gasteiger partial charge is 0.507 e. The number of fused-ring (bicyclic) bond motifs is 3. The quantitative estimate of drug-likeness (QED) is 0.327. The molecule has 2 aromatic carbocycles. The second kappa shape index (κ2) is 10.0. The van der Waals surface area contributed by atoms with E-state index in [4.69, 9.17) is 10.8 Å². The summed E-state index contributed by atoms with van der Waals surface area (Å²) in [6.07, 6.45) is 0.133. The lowest BCUT2D eigenvalue weighted by molar-refractivity contribution is -0.182. The van der Waals surface area contributed by atoms with E-state index in [2.05, 4.69) is 5.32 Å². The van der Waals surface area contributed by atoms with Gasteiger partial charge in [0, 0.05) is 17.5 Å². The zero-order valence-corrected chi connectivity index (χ0v) is 22.4. The van der Waals surface area contributed by atoms with Crippen LogP contribution in [0.4, 0.5) is 5.69 Å². The maximum absolute atomic E-state index is 13.9. The van der Waals surface area contributed by atoms with Gasteiger partial charge in [-0.3, -0.25) is 28.8 Å². The molecule has 0 heterocycles. The van der Waals surface area contributed by atoms with E-state index in [1.54, 1.807) is 44.2 Å². The molecule has 2 unspecified atom stereocenters. The van der Waals surface area contributed by atoms with E-state index < -0.39 is 82.7 Å². The first kappa shape index (κ1) is 28.3. The number of phenolic OH excluding ortho intramolecular Hbond substituents is 1. The van der Waals surface area contributed by atoms with E-state index in [0.29, 0.717) is 22.4 Å². The van der Waals surface area contributed by atoms with E-state index >= 15 is 0 Å². The molecule has 0 spiro atoms. The van der Waals surface area contributed by atoms with E-state index in [-0.39, 0.29) is 24.2 Å². The van der Waals surface area contributed by atoms with Crippen LogP contribution in [-0.4, -0.2) is 62.5 Å². The molecule has 3 aliphatic carbocycles. The topological polar surface area (TPSA) is 201 Å². The number of amides is 2. The summed E-state index contributed by atoms with van der Waals surface area (Å²) in [5.41, 5.74) is 4.69. The minimum Gasteiger partial charge on any atom is -0.507 e. The fraction of sp³-hybridized carbons (Fsp3) is 0.400. The van der Waals surface area contributed by atoms with Crippen LogP contribution in [0, 0.1) is 35.5 Å². The highest BCUT2D eigenvalue weighted by molar-refractivity contribution is 6.32. The Balaban J connectivity index is 1.59. The molecule has 3 aliphatic rings. The van der Waals surface area contributed by atoms with Crippen molar-refractivity contribution < 1.29 is 44.1 Å². The van der Waals surface area contributed by atoms with Crippen molar-refractivity contribution in [1.29, 1.82) is 0 Å². The molecule has 2 fully saturated rings. The Kier molecular flexibility index (Phi) is 6.91. The number of aliphatic hydroxyl groups excluding tert-OH is 1. The molecule has 0 bridgehead atoms. The number of nitrogens with two attached hydrogens (primary N) is 1. The molecule has 6 atom stereocenters. The van der Waals surface area contributed by atoms with Crippen LogP contribution >= 0.6 is 0 Å². The van der Waals surface area contributed by atoms with Crippen LogP contribution < -0.4 is 11.1 Å². The van der Waals surface area contributed by atoms with Crippen molar-refractivity contribution in [3.05, 3.63) is 47.5 Å². The molecule has 0 saturated heterocycles. The molecule has 41 heavy (non-hydrogen) atoms. The Morgan fingerprint density at radius 1 is 1.05 bits per heavy atom. The molecule has 214 valence electrons. The summed E-state index contributed by atoms with van der Waals surface area (Å²) in [6.45, 7) is 2.71. The second-order valence-electron chi connectivity index (χ2n) is 11.4. The Hall–Kier alpha value is -4.22. The van der Waals surface area contributed by atoms with Crippen molar-refractivity contribution in [3.8, 4) is 16.9 Å². The summed E-state index contributed by atoms with van der Waals surface area (Å²) in [5, 5.41) is 33.9. The van der Waals surface area contributed by atoms with Crippen molar-refractivity contribution in [2.45, 2.75) is 32.3 Å². The number of aromatic hydroxyl groups is 1. The fourth-order valence-corrected chi connectivity index (χ4v) is 7.06. The van der Waals surface area contributed by atoms with Crippen LogP contribution in [0.2, 0.25) is 0 Å². The van der Waals surface area contributed by atoms with Gasteiger partial charge in [-0.1, -0.05) is 32.0 Å². The van der Waals surface area contributed by atoms with E-state index in [1.165, 1.54) is 6.07 Å². The number of anilines is 1. The third kappa shape index (κ3) is 4.18. The number of rotatable bonds is 5. The second-order valence-corrected chi connectivity index (χ2v) is 11.4. The lowest BCUT2D eigenvalue weighted by Crippen LogP contribution is -2.71. The predicted molar refractivity (Wildman–Crippen MR) is 143 cm³/mol. The standard InChI is InChI=1S/C30H30N2O9/c1-12(2)21-18-10-14-9-17-16(13-3-5-15(6-4-13)32-20(35)11-33)7-8-19(34)23(17)26(37)22(14)27(38)30(18,41)28(39)24(25(21)36)29(31)40/h3-8,12,14,18,21-22,24,33-34,41H,9-11H2,1-2H3,(H2,31,40)(H,32,35)/t14-,18-,21-,22?,24?,30-/m0/s1. The normalized spacial score (nSPS) is 29.0. The summed E-state index contributed by atoms with van der Waals surface area (Å²) in [4.78, 5) is 78.0. The summed E-state index contributed by atoms with van der Waals surface area (Å²) < 4.78 is 0. The Labute approximate surface area is 234 Å². The van der Waals surface area contributed by atoms with Crippen LogP contribution in [0.15, 0.2) is 36.4 Å². The number of Topliss-reactive ketones (excluding diaryl/α,β-unsaturated/α-hetero) is 4. The van der Waals surface area contributed by atoms with E-state index in [0.717, 1.165) is 0 Å². The van der Waals surface area contributed by atoms with Gasteiger partial charge in [0.15, 0.2) is 34.7 Å². The molecule has 0 aliphatic heterocycles. The summed E-state index contributed by atoms with van der Waals surface area (Å²) >= 11 is 0. The van der Waals surface area contributed by atoms with Gasteiger partial charge in [-0.2, -0.15) is 0 Å². The number of aliphatic hydroxyl groups is 2. The zero-order chi connectivity index (χ0) is 30.0. The van der Waals surface area contributed by atoms with Crippen LogP contribution in [0.1, 0.15) is 36.2 Å². The molecule has 2 amide bonds. The van der Waals surface area contributed by atoms with E-state index in [1.807, 2.05) is 0 Å². The van der Waals surface area contributed by atoms with Crippen molar-refractivity contribution >= 4 is 40.6 Å². The number of benzene rings is 2. The fourth-order valence-electron chi connectivity index (χ4n) is 7.06. The average Bonchev–Trinajstić information content (AvgIpc) is 2.91. The third-order valence-electron chi connectivity index (χ3n) is 8.82. The number of phenols is 1. The number of ketones is 4. The lowest BCUT2D eigenvalue weighted by Gasteiger charge is -2.52. The summed E-state index contributed by atoms with van der Waals surface area (Å²) in [6, 6.07) is 9.56. The Bertz CT molecular complexity index is 1510. The van der Waals surface area contributed by atoms with E-state index in [9.17, 15) is 39.0 Å². The summed E-state index contributed by atoms with van der Waals surface area (Å²) in [5.74, 6) is -12.7.